The Labute approximate surface area is 154 Å². The molecule has 0 saturated carbocycles. The van der Waals surface area contributed by atoms with Gasteiger partial charge in [0.2, 0.25) is 0 Å². The summed E-state index contributed by atoms with van der Waals surface area (Å²) < 4.78 is 5.02. The number of carbonyl (C=O) groups is 2. The first kappa shape index (κ1) is 19.4. The molecular weight excluding hydrogens is 354 g/mol. The average Bonchev–Trinajstić information content (AvgIpc) is 2.61. The predicted molar refractivity (Wildman–Crippen MR) is 94.2 cm³/mol. The minimum Gasteiger partial charge on any atom is -0.507 e. The third-order valence-electron chi connectivity index (χ3n) is 3.62. The van der Waals surface area contributed by atoms with Crippen LogP contribution >= 0.6 is 0 Å². The fourth-order valence-electron chi connectivity index (χ4n) is 2.17. The molecular formula is C18H15N3O6. The van der Waals surface area contributed by atoms with Crippen LogP contribution in [-0.2, 0) is 9.53 Å². The molecule has 9 nitrogen and oxygen atoms in total. The fourth-order valence-corrected chi connectivity index (χ4v) is 2.17. The summed E-state index contributed by atoms with van der Waals surface area (Å²) in [5.41, 5.74) is 0.311. The number of anilines is 1. The Morgan fingerprint density at radius 1 is 1.30 bits per heavy atom. The maximum absolute atomic E-state index is 12.2. The number of nitro benzene ring substituents is 1. The molecule has 0 radical (unpaired) electrons. The predicted octanol–water partition coefficient (Wildman–Crippen LogP) is 2.66. The van der Waals surface area contributed by atoms with E-state index in [1.165, 1.54) is 25.1 Å². The largest absolute Gasteiger partial charge is 0.507 e. The summed E-state index contributed by atoms with van der Waals surface area (Å²) in [7, 11) is 0. The third-order valence-corrected chi connectivity index (χ3v) is 3.62. The molecule has 0 spiro atoms. The lowest BCUT2D eigenvalue weighted by molar-refractivity contribution is -0.384. The minimum absolute atomic E-state index is 0.0502. The number of nitriles is 1. The molecule has 0 aliphatic heterocycles. The number of nitrogens with one attached hydrogen (secondary N) is 1. The third kappa shape index (κ3) is 4.58. The number of ether oxygens (including phenoxy) is 1. The number of nitro groups is 1. The Kier molecular flexibility index (Phi) is 5.72. The van der Waals surface area contributed by atoms with Gasteiger partial charge in [-0.3, -0.25) is 14.9 Å². The fraction of sp³-hybridized carbons (Fsp3) is 0.167. The van der Waals surface area contributed by atoms with Crippen LogP contribution in [0.25, 0.3) is 0 Å². The second-order valence-electron chi connectivity index (χ2n) is 5.66. The first-order valence-electron chi connectivity index (χ1n) is 7.73. The molecule has 0 bridgehead atoms. The van der Waals surface area contributed by atoms with E-state index >= 15 is 0 Å². The smallest absolute Gasteiger partial charge is 0.342 e. The van der Waals surface area contributed by atoms with E-state index in [1.54, 1.807) is 19.1 Å². The first-order chi connectivity index (χ1) is 12.7. The highest BCUT2D eigenvalue weighted by Gasteiger charge is 2.22. The van der Waals surface area contributed by atoms with E-state index in [1.807, 2.05) is 0 Å². The summed E-state index contributed by atoms with van der Waals surface area (Å²) in [5.74, 6) is -1.89. The Balaban J connectivity index is 2.11. The zero-order valence-electron chi connectivity index (χ0n) is 14.4. The number of aryl methyl sites for hydroxylation is 1. The van der Waals surface area contributed by atoms with E-state index in [2.05, 4.69) is 5.32 Å². The van der Waals surface area contributed by atoms with Crippen LogP contribution < -0.4 is 5.32 Å². The van der Waals surface area contributed by atoms with Crippen molar-refractivity contribution in [2.75, 3.05) is 5.32 Å². The molecule has 138 valence electrons. The lowest BCUT2D eigenvalue weighted by Gasteiger charge is -2.14. The van der Waals surface area contributed by atoms with Crippen LogP contribution in [0.15, 0.2) is 36.4 Å². The van der Waals surface area contributed by atoms with Gasteiger partial charge in [0.05, 0.1) is 16.2 Å². The number of amides is 1. The number of esters is 1. The second kappa shape index (κ2) is 7.97. The summed E-state index contributed by atoms with van der Waals surface area (Å²) >= 11 is 0. The monoisotopic (exact) mass is 369 g/mol. The molecule has 2 rings (SSSR count). The van der Waals surface area contributed by atoms with Gasteiger partial charge in [-0.05, 0) is 37.6 Å². The van der Waals surface area contributed by atoms with Crippen molar-refractivity contribution in [2.45, 2.75) is 20.0 Å². The Morgan fingerprint density at radius 3 is 2.59 bits per heavy atom. The molecule has 0 saturated heterocycles. The lowest BCUT2D eigenvalue weighted by Crippen LogP contribution is -2.30. The van der Waals surface area contributed by atoms with Crippen molar-refractivity contribution in [1.82, 2.24) is 0 Å². The van der Waals surface area contributed by atoms with Gasteiger partial charge in [-0.1, -0.05) is 6.07 Å². The zero-order valence-corrected chi connectivity index (χ0v) is 14.4. The van der Waals surface area contributed by atoms with Crippen molar-refractivity contribution >= 4 is 23.3 Å². The normalized spacial score (nSPS) is 11.1. The maximum atomic E-state index is 12.2. The van der Waals surface area contributed by atoms with Gasteiger partial charge in [-0.25, -0.2) is 4.79 Å². The number of phenolic OH excluding ortho intramolecular Hbond substituents is 1. The van der Waals surface area contributed by atoms with Crippen LogP contribution in [-0.4, -0.2) is 28.0 Å². The number of hydrogen-bond donors (Lipinski definition) is 2. The van der Waals surface area contributed by atoms with Crippen molar-refractivity contribution in [3.8, 4) is 11.8 Å². The molecule has 0 fully saturated rings. The highest BCUT2D eigenvalue weighted by Crippen LogP contribution is 2.23. The highest BCUT2D eigenvalue weighted by atomic mass is 16.6. The van der Waals surface area contributed by atoms with Gasteiger partial charge in [0.1, 0.15) is 17.4 Å². The molecule has 0 heterocycles. The van der Waals surface area contributed by atoms with Crippen molar-refractivity contribution in [1.29, 1.82) is 5.26 Å². The molecule has 1 amide bonds. The van der Waals surface area contributed by atoms with Gasteiger partial charge in [0.25, 0.3) is 11.6 Å². The summed E-state index contributed by atoms with van der Waals surface area (Å²) in [6.45, 7) is 3.05. The average molecular weight is 369 g/mol. The molecule has 1 atom stereocenters. The van der Waals surface area contributed by atoms with Gasteiger partial charge < -0.3 is 15.2 Å². The minimum atomic E-state index is -1.24. The zero-order chi connectivity index (χ0) is 20.1. The van der Waals surface area contributed by atoms with Gasteiger partial charge in [-0.2, -0.15) is 5.26 Å². The standard InChI is InChI=1S/C18H15N3O6/c1-10-3-5-14(16(22)7-10)18(24)27-11(2)17(23)20-15-6-4-13(21(25)26)8-12(15)9-19/h3-8,11,22H,1-2H3,(H,20,23). The molecule has 2 aromatic carbocycles. The summed E-state index contributed by atoms with van der Waals surface area (Å²) in [5, 5.41) is 32.0. The Morgan fingerprint density at radius 2 is 2.00 bits per heavy atom. The molecule has 0 aliphatic carbocycles. The molecule has 2 N–H and O–H groups in total. The van der Waals surface area contributed by atoms with Crippen LogP contribution in [0.2, 0.25) is 0 Å². The van der Waals surface area contributed by atoms with E-state index < -0.39 is 22.9 Å². The summed E-state index contributed by atoms with van der Waals surface area (Å²) in [4.78, 5) is 34.4. The van der Waals surface area contributed by atoms with Crippen molar-refractivity contribution in [2.24, 2.45) is 0 Å². The van der Waals surface area contributed by atoms with E-state index in [-0.39, 0.29) is 28.3 Å². The molecule has 9 heteroatoms. The summed E-state index contributed by atoms with van der Waals surface area (Å²) in [6.07, 6.45) is -1.24. The van der Waals surface area contributed by atoms with E-state index in [0.717, 1.165) is 17.7 Å². The number of non-ortho nitro benzene ring substituents is 1. The van der Waals surface area contributed by atoms with Crippen molar-refractivity contribution in [3.63, 3.8) is 0 Å². The topological polar surface area (TPSA) is 143 Å². The van der Waals surface area contributed by atoms with Gasteiger partial charge in [-0.15, -0.1) is 0 Å². The number of aromatic hydroxyl groups is 1. The van der Waals surface area contributed by atoms with Crippen LogP contribution in [0.3, 0.4) is 0 Å². The highest BCUT2D eigenvalue weighted by molar-refractivity contribution is 5.99. The molecule has 1 unspecified atom stereocenters. The Hall–Kier alpha value is -3.93. The number of benzene rings is 2. The van der Waals surface area contributed by atoms with Crippen LogP contribution in [0, 0.1) is 28.4 Å². The van der Waals surface area contributed by atoms with Crippen LogP contribution in [0.1, 0.15) is 28.4 Å². The van der Waals surface area contributed by atoms with Gasteiger partial charge in [0, 0.05) is 12.1 Å². The number of carbonyl (C=O) groups excluding carboxylic acids is 2. The number of nitrogens with zero attached hydrogens (tertiary/aromatic N) is 2. The number of hydrogen-bond acceptors (Lipinski definition) is 7. The molecule has 0 aromatic heterocycles. The second-order valence-corrected chi connectivity index (χ2v) is 5.66. The quantitative estimate of drug-likeness (QED) is 0.468. The maximum Gasteiger partial charge on any atom is 0.342 e. The molecule has 2 aromatic rings. The van der Waals surface area contributed by atoms with Gasteiger partial charge in [0.15, 0.2) is 6.10 Å². The lowest BCUT2D eigenvalue weighted by atomic mass is 10.1. The first-order valence-corrected chi connectivity index (χ1v) is 7.73. The van der Waals surface area contributed by atoms with Crippen LogP contribution in [0.5, 0.6) is 5.75 Å². The van der Waals surface area contributed by atoms with E-state index in [4.69, 9.17) is 10.00 Å². The Bertz CT molecular complexity index is 964. The van der Waals surface area contributed by atoms with E-state index in [0.29, 0.717) is 0 Å². The van der Waals surface area contributed by atoms with Gasteiger partial charge >= 0.3 is 5.97 Å². The summed E-state index contributed by atoms with van der Waals surface area (Å²) in [6, 6.07) is 9.50. The SMILES string of the molecule is Cc1ccc(C(=O)OC(C)C(=O)Nc2ccc([N+](=O)[O-])cc2C#N)c(O)c1. The van der Waals surface area contributed by atoms with E-state index in [9.17, 15) is 24.8 Å². The molecule has 0 aliphatic rings. The number of rotatable bonds is 5. The number of phenols is 1. The van der Waals surface area contributed by atoms with Crippen molar-refractivity contribution < 1.29 is 24.4 Å². The van der Waals surface area contributed by atoms with Crippen LogP contribution in [0.4, 0.5) is 11.4 Å². The molecule has 27 heavy (non-hydrogen) atoms. The van der Waals surface area contributed by atoms with Crippen molar-refractivity contribution in [3.05, 3.63) is 63.2 Å².